The molecule has 2 fully saturated rings. The number of benzene rings is 2. The first-order valence-electron chi connectivity index (χ1n) is 21.1. The van der Waals surface area contributed by atoms with Crippen molar-refractivity contribution in [2.75, 3.05) is 31.1 Å². The van der Waals surface area contributed by atoms with Gasteiger partial charge in [0, 0.05) is 113 Å². The SMILES string of the molecule is CC#CC#CC#CC#CC#CC#CC#CC#CC#CC#CC#CC#CC#CC.Cc1ccc(C(=O)N2CCCC2)cc1-c1cc(-c2c(C)noc2C)cc2[nH]c(N3CCCC3)nc12.NN=NN[N+](=O)[O-].[HH].[HH].[HH].[HH].[HH].[HH].[HH].[HH].[HH].[HH].[HH].[HH]. The Morgan fingerprint density at radius 3 is 1.60 bits per heavy atom. The molecular formula is C56H64N10O4. The Balaban J connectivity index is -0.000000149. The Hall–Kier alpha value is -10.7. The van der Waals surface area contributed by atoms with Crippen LogP contribution < -0.4 is 16.3 Å². The van der Waals surface area contributed by atoms with Crippen LogP contribution in [0.4, 0.5) is 5.95 Å². The fourth-order valence-electron chi connectivity index (χ4n) is 6.45. The van der Waals surface area contributed by atoms with Gasteiger partial charge in [0.15, 0.2) is 5.22 Å². The maximum atomic E-state index is 13.2. The van der Waals surface area contributed by atoms with Gasteiger partial charge in [-0.15, -0.1) is 0 Å². The largest absolute Gasteiger partial charge is 0.361 e. The zero-order valence-corrected chi connectivity index (χ0v) is 38.9. The van der Waals surface area contributed by atoms with Crippen LogP contribution in [-0.2, 0) is 0 Å². The van der Waals surface area contributed by atoms with Gasteiger partial charge in [0.25, 0.3) is 5.91 Å². The quantitative estimate of drug-likeness (QED) is 0.0560. The number of carbonyl (C=O) groups is 1. The Bertz CT molecular complexity index is 3460. The number of anilines is 1. The molecular weight excluding hydrogens is 877 g/mol. The number of H-pyrrole nitrogens is 1. The molecule has 14 nitrogen and oxygen atoms in total. The van der Waals surface area contributed by atoms with Gasteiger partial charge >= 0.3 is 0 Å². The van der Waals surface area contributed by atoms with Crippen LogP contribution in [0.3, 0.4) is 0 Å². The molecule has 0 atom stereocenters. The molecule has 4 heterocycles. The van der Waals surface area contributed by atoms with E-state index in [0.717, 1.165) is 101 Å². The van der Waals surface area contributed by atoms with E-state index in [2.05, 4.69) is 210 Å². The summed E-state index contributed by atoms with van der Waals surface area (Å²) in [5.41, 5.74) is 10.1. The van der Waals surface area contributed by atoms with E-state index in [4.69, 9.17) is 9.51 Å². The monoisotopic (exact) mass is 941 g/mol. The van der Waals surface area contributed by atoms with Crippen LogP contribution >= 0.6 is 0 Å². The summed E-state index contributed by atoms with van der Waals surface area (Å²) in [4.78, 5) is 35.4. The van der Waals surface area contributed by atoms with Gasteiger partial charge in [0.2, 0.25) is 5.95 Å². The number of nitrogens with two attached hydrogens (primary N) is 1. The number of nitrogens with zero attached hydrogens (tertiary/aromatic N) is 7. The van der Waals surface area contributed by atoms with Crippen LogP contribution in [0.1, 0.15) is 84.0 Å². The summed E-state index contributed by atoms with van der Waals surface area (Å²) in [6, 6.07) is 10.4. The van der Waals surface area contributed by atoms with Crippen molar-refractivity contribution in [3.63, 3.8) is 0 Å². The number of carbonyl (C=O) groups excluding carboxylic acids is 1. The van der Waals surface area contributed by atoms with Crippen molar-refractivity contribution in [2.45, 2.75) is 60.3 Å². The van der Waals surface area contributed by atoms with Gasteiger partial charge in [-0.05, 0) is 196 Å². The number of hydrazine groups is 1. The minimum atomic E-state index is -0.879. The third-order valence-electron chi connectivity index (χ3n) is 9.34. The summed E-state index contributed by atoms with van der Waals surface area (Å²) in [6.07, 6.45) is 4.54. The number of aryl methyl sites for hydroxylation is 3. The normalized spacial score (nSPS) is 10.5. The number of amides is 1. The van der Waals surface area contributed by atoms with E-state index in [-0.39, 0.29) is 23.0 Å². The number of fused-ring (bicyclic) bond motifs is 1. The number of hydrogen-bond acceptors (Lipinski definition) is 9. The van der Waals surface area contributed by atoms with Crippen molar-refractivity contribution in [1.82, 2.24) is 25.6 Å². The molecule has 6 rings (SSSR count). The summed E-state index contributed by atoms with van der Waals surface area (Å²) in [5, 5.41) is 17.7. The zero-order valence-electron chi connectivity index (χ0n) is 38.9. The number of imidazole rings is 1. The molecule has 4 aromatic rings. The van der Waals surface area contributed by atoms with Gasteiger partial charge in [-0.2, -0.15) is 0 Å². The molecule has 2 aliphatic rings. The Kier molecular flexibility index (Phi) is 22.0. The van der Waals surface area contributed by atoms with Gasteiger partial charge in [-0.3, -0.25) is 10.6 Å². The van der Waals surface area contributed by atoms with Crippen LogP contribution in [-0.4, -0.2) is 57.1 Å². The highest BCUT2D eigenvalue weighted by Gasteiger charge is 2.23. The molecule has 1 amide bonds. The average Bonchev–Trinajstić information content (AvgIpc) is 4.22. The van der Waals surface area contributed by atoms with E-state index >= 15 is 0 Å². The van der Waals surface area contributed by atoms with Crippen LogP contribution in [0.15, 0.2) is 45.3 Å². The summed E-state index contributed by atoms with van der Waals surface area (Å²) >= 11 is 0. The third kappa shape index (κ3) is 17.3. The lowest BCUT2D eigenvalue weighted by Crippen LogP contribution is -2.27. The van der Waals surface area contributed by atoms with Crippen LogP contribution in [0, 0.1) is 185 Å². The second-order valence-electron chi connectivity index (χ2n) is 14.0. The highest BCUT2D eigenvalue weighted by atomic mass is 16.7. The number of nitro groups is 1. The fraction of sp³-hybridized carbons (Fsp3) is 0.232. The van der Waals surface area contributed by atoms with Crippen molar-refractivity contribution in [1.29, 1.82) is 0 Å². The molecule has 0 unspecified atom stereocenters. The number of aromatic nitrogens is 3. The summed E-state index contributed by atoms with van der Waals surface area (Å²) in [5.74, 6) is 71.8. The average molecular weight is 941 g/mol. The second kappa shape index (κ2) is 29.7. The Labute approximate surface area is 426 Å². The molecule has 70 heavy (non-hydrogen) atoms. The third-order valence-corrected chi connectivity index (χ3v) is 9.34. The van der Waals surface area contributed by atoms with Gasteiger partial charge in [0.1, 0.15) is 5.76 Å². The maximum Gasteiger partial charge on any atom is 0.253 e. The first kappa shape index (κ1) is 51.9. The summed E-state index contributed by atoms with van der Waals surface area (Å²) < 4.78 is 5.49. The van der Waals surface area contributed by atoms with Gasteiger partial charge < -0.3 is 29.4 Å². The van der Waals surface area contributed by atoms with Crippen molar-refractivity contribution in [2.24, 2.45) is 16.3 Å². The minimum Gasteiger partial charge on any atom is -0.361 e. The van der Waals surface area contributed by atoms with Gasteiger partial charge in [0.05, 0.1) is 27.0 Å². The number of hydrogen-bond donors (Lipinski definition) is 3. The first-order valence-corrected chi connectivity index (χ1v) is 21.1. The predicted molar refractivity (Wildman–Crippen MR) is 295 cm³/mol. The molecule has 4 N–H and O–H groups in total. The Morgan fingerprint density at radius 1 is 0.714 bits per heavy atom. The van der Waals surface area contributed by atoms with Crippen LogP contribution in [0.5, 0.6) is 0 Å². The molecule has 0 aliphatic carbocycles. The summed E-state index contributed by atoms with van der Waals surface area (Å²) in [6.45, 7) is 13.1. The van der Waals surface area contributed by atoms with E-state index in [1.807, 2.05) is 30.9 Å². The first-order chi connectivity index (χ1) is 34.2. The maximum absolute atomic E-state index is 13.2. The zero-order chi connectivity index (χ0) is 50.2. The molecule has 362 valence electrons. The second-order valence-corrected chi connectivity index (χ2v) is 14.0. The van der Waals surface area contributed by atoms with E-state index in [1.54, 1.807) is 13.8 Å². The van der Waals surface area contributed by atoms with E-state index in [1.165, 1.54) is 18.4 Å². The smallest absolute Gasteiger partial charge is 0.253 e. The number of nitrogens with one attached hydrogen (secondary N) is 2. The molecule has 0 radical (unpaired) electrons. The minimum absolute atomic E-state index is 0. The number of likely N-dealkylation sites (tertiary alicyclic amines) is 1. The molecule has 2 aromatic carbocycles. The van der Waals surface area contributed by atoms with E-state index in [0.29, 0.717) is 0 Å². The lowest BCUT2D eigenvalue weighted by Gasteiger charge is -2.17. The van der Waals surface area contributed by atoms with Gasteiger partial charge in [-0.1, -0.05) is 23.1 Å². The number of rotatable bonds is 6. The highest BCUT2D eigenvalue weighted by Crippen LogP contribution is 2.38. The topological polar surface area (TPSA) is 184 Å². The van der Waals surface area contributed by atoms with Crippen molar-refractivity contribution < 1.29 is 31.5 Å². The highest BCUT2D eigenvalue weighted by molar-refractivity contribution is 6.01. The predicted octanol–water partition coefficient (Wildman–Crippen LogP) is 8.68. The van der Waals surface area contributed by atoms with Crippen molar-refractivity contribution in [3.05, 3.63) is 63.0 Å². The van der Waals surface area contributed by atoms with Crippen molar-refractivity contribution in [3.8, 4) is 176 Å². The molecule has 2 aliphatic heterocycles. The molecule has 2 saturated heterocycles. The van der Waals surface area contributed by atoms with Crippen LogP contribution in [0.2, 0.25) is 0 Å². The molecule has 0 bridgehead atoms. The standard InChI is InChI=1S/C28H31N5O2.C28H6.H3N5O2.12H2/c1-17-8-9-20(27(34)32-10-4-5-11-32)14-22(17)23-15-21(25-18(2)31-35-19(25)3)16-24-26(23)30-28(29-24)33-12-6-7-13-33;1-3-5-7-9-11-13-15-17-19-21-23-25-27-28-26-24-22-20-18-16-14-12-10-8-6-4-2;1-2-3-4-5(6)7;;;;;;;;;;;;/h8-9,14-16H,4-7,10-13H2,1-3H3,(H,29,30);1-2H3;(H2,1,3)(H,2,4);12*1H. The molecule has 14 heteroatoms. The number of aromatic amines is 1. The molecule has 2 aromatic heterocycles. The lowest BCUT2D eigenvalue weighted by molar-refractivity contribution is -0.546. The van der Waals surface area contributed by atoms with E-state index < -0.39 is 5.03 Å². The summed E-state index contributed by atoms with van der Waals surface area (Å²) in [7, 11) is 0. The fourth-order valence-corrected chi connectivity index (χ4v) is 6.45. The van der Waals surface area contributed by atoms with Gasteiger partial charge in [-0.25, -0.2) is 4.98 Å². The lowest BCUT2D eigenvalue weighted by atomic mass is 9.93. The molecule has 0 saturated carbocycles. The molecule has 0 spiro atoms. The Morgan fingerprint density at radius 2 is 1.19 bits per heavy atom. The van der Waals surface area contributed by atoms with E-state index in [9.17, 15) is 14.9 Å². The van der Waals surface area contributed by atoms with Crippen LogP contribution in [0.25, 0.3) is 33.3 Å². The van der Waals surface area contributed by atoms with Crippen molar-refractivity contribution >= 4 is 22.9 Å².